The molecule has 2 aromatic heterocycles. The van der Waals surface area contributed by atoms with E-state index in [1.807, 2.05) is 5.38 Å². The molecule has 0 amide bonds. The number of halogens is 1. The summed E-state index contributed by atoms with van der Waals surface area (Å²) in [6, 6.07) is 14.8. The molecule has 0 bridgehead atoms. The Bertz CT molecular complexity index is 1180. The minimum Gasteiger partial charge on any atom is -0.327 e. The van der Waals surface area contributed by atoms with Gasteiger partial charge < -0.3 is 9.88 Å². The van der Waals surface area contributed by atoms with Crippen LogP contribution in [0.5, 0.6) is 0 Å². The zero-order chi connectivity index (χ0) is 20.4. The molecule has 0 saturated carbocycles. The maximum absolute atomic E-state index is 13.2. The third kappa shape index (κ3) is 4.28. The summed E-state index contributed by atoms with van der Waals surface area (Å²) in [6.07, 6.45) is 1.04. The van der Waals surface area contributed by atoms with Crippen molar-refractivity contribution in [1.82, 2.24) is 9.97 Å². The van der Waals surface area contributed by atoms with Crippen LogP contribution in [0.15, 0.2) is 58.7 Å². The molecule has 1 atom stereocenters. The average molecular weight is 409 g/mol. The van der Waals surface area contributed by atoms with Gasteiger partial charge in [-0.2, -0.15) is 0 Å². The SMILES string of the molecule is CCc1ccc(C[NH+](C)Cc2nc3scc(-c4ccc(F)cc4)c3c(=O)[nH]2)cc1. The lowest BCUT2D eigenvalue weighted by Crippen LogP contribution is -3.06. The number of quaternary nitrogens is 1. The molecule has 6 heteroatoms. The van der Waals surface area contributed by atoms with E-state index in [-0.39, 0.29) is 11.4 Å². The van der Waals surface area contributed by atoms with E-state index in [1.165, 1.54) is 39.5 Å². The summed E-state index contributed by atoms with van der Waals surface area (Å²) < 4.78 is 13.2. The summed E-state index contributed by atoms with van der Waals surface area (Å²) >= 11 is 1.44. The Morgan fingerprint density at radius 3 is 2.41 bits per heavy atom. The van der Waals surface area contributed by atoms with Crippen LogP contribution < -0.4 is 10.5 Å². The van der Waals surface area contributed by atoms with Crippen molar-refractivity contribution in [1.29, 1.82) is 0 Å². The van der Waals surface area contributed by atoms with Gasteiger partial charge in [-0.25, -0.2) is 9.37 Å². The molecule has 4 nitrogen and oxygen atoms in total. The fourth-order valence-corrected chi connectivity index (χ4v) is 4.48. The minimum absolute atomic E-state index is 0.148. The van der Waals surface area contributed by atoms with Crippen LogP contribution in [0, 0.1) is 5.82 Å². The van der Waals surface area contributed by atoms with E-state index in [0.29, 0.717) is 22.6 Å². The van der Waals surface area contributed by atoms with Crippen LogP contribution in [0.3, 0.4) is 0 Å². The van der Waals surface area contributed by atoms with Crippen molar-refractivity contribution < 1.29 is 9.29 Å². The number of benzene rings is 2. The van der Waals surface area contributed by atoms with Gasteiger partial charge in [0.2, 0.25) is 0 Å². The molecule has 0 aliphatic heterocycles. The van der Waals surface area contributed by atoms with E-state index in [0.717, 1.165) is 24.1 Å². The first kappa shape index (κ1) is 19.5. The Kier molecular flexibility index (Phi) is 5.56. The molecular weight excluding hydrogens is 385 g/mol. The highest BCUT2D eigenvalue weighted by atomic mass is 32.1. The quantitative estimate of drug-likeness (QED) is 0.513. The highest BCUT2D eigenvalue weighted by molar-refractivity contribution is 7.17. The van der Waals surface area contributed by atoms with Crippen molar-refractivity contribution in [3.63, 3.8) is 0 Å². The topological polar surface area (TPSA) is 50.2 Å². The Morgan fingerprint density at radius 1 is 1.03 bits per heavy atom. The summed E-state index contributed by atoms with van der Waals surface area (Å²) in [5.74, 6) is 0.385. The highest BCUT2D eigenvalue weighted by Crippen LogP contribution is 2.30. The second-order valence-corrected chi connectivity index (χ2v) is 8.19. The summed E-state index contributed by atoms with van der Waals surface area (Å²) in [4.78, 5) is 22.3. The lowest BCUT2D eigenvalue weighted by atomic mass is 10.1. The molecule has 148 valence electrons. The van der Waals surface area contributed by atoms with Gasteiger partial charge in [0, 0.05) is 16.5 Å². The first-order chi connectivity index (χ1) is 14.0. The van der Waals surface area contributed by atoms with Gasteiger partial charge in [-0.05, 0) is 29.7 Å². The van der Waals surface area contributed by atoms with Gasteiger partial charge >= 0.3 is 0 Å². The zero-order valence-electron chi connectivity index (χ0n) is 16.5. The second kappa shape index (κ2) is 8.27. The lowest BCUT2D eigenvalue weighted by molar-refractivity contribution is -0.908. The Hall–Kier alpha value is -2.83. The Labute approximate surface area is 172 Å². The van der Waals surface area contributed by atoms with E-state index in [2.05, 4.69) is 48.2 Å². The molecule has 2 N–H and O–H groups in total. The van der Waals surface area contributed by atoms with Crippen molar-refractivity contribution in [3.8, 4) is 11.1 Å². The highest BCUT2D eigenvalue weighted by Gasteiger charge is 2.15. The van der Waals surface area contributed by atoms with Crippen LogP contribution >= 0.6 is 11.3 Å². The van der Waals surface area contributed by atoms with Gasteiger partial charge in [-0.3, -0.25) is 4.79 Å². The van der Waals surface area contributed by atoms with Crippen molar-refractivity contribution in [3.05, 3.63) is 87.0 Å². The lowest BCUT2D eigenvalue weighted by Gasteiger charge is -2.13. The molecule has 4 rings (SSSR count). The van der Waals surface area contributed by atoms with Crippen LogP contribution in [-0.4, -0.2) is 17.0 Å². The van der Waals surface area contributed by atoms with E-state index in [1.54, 1.807) is 12.1 Å². The van der Waals surface area contributed by atoms with Crippen molar-refractivity contribution >= 4 is 21.6 Å². The fraction of sp³-hybridized carbons (Fsp3) is 0.217. The number of hydrogen-bond acceptors (Lipinski definition) is 3. The number of aryl methyl sites for hydroxylation is 1. The molecule has 2 heterocycles. The molecule has 0 spiro atoms. The summed E-state index contributed by atoms with van der Waals surface area (Å²) in [5.41, 5.74) is 4.05. The maximum atomic E-state index is 13.2. The van der Waals surface area contributed by atoms with Gasteiger partial charge in [0.15, 0.2) is 5.82 Å². The summed E-state index contributed by atoms with van der Waals surface area (Å²) in [6.45, 7) is 3.64. The van der Waals surface area contributed by atoms with Gasteiger partial charge in [0.1, 0.15) is 23.7 Å². The zero-order valence-corrected chi connectivity index (χ0v) is 17.3. The summed E-state index contributed by atoms with van der Waals surface area (Å²) in [5, 5.41) is 2.48. The second-order valence-electron chi connectivity index (χ2n) is 7.33. The molecule has 0 fully saturated rings. The van der Waals surface area contributed by atoms with Crippen LogP contribution in [0.2, 0.25) is 0 Å². The number of fused-ring (bicyclic) bond motifs is 1. The van der Waals surface area contributed by atoms with Crippen LogP contribution in [-0.2, 0) is 19.5 Å². The molecule has 0 aliphatic carbocycles. The van der Waals surface area contributed by atoms with Gasteiger partial charge in [0.25, 0.3) is 5.56 Å². The predicted molar refractivity (Wildman–Crippen MR) is 116 cm³/mol. The van der Waals surface area contributed by atoms with Gasteiger partial charge in [-0.15, -0.1) is 11.3 Å². The van der Waals surface area contributed by atoms with Crippen LogP contribution in [0.4, 0.5) is 4.39 Å². The van der Waals surface area contributed by atoms with Crippen molar-refractivity contribution in [2.45, 2.75) is 26.4 Å². The largest absolute Gasteiger partial charge is 0.327 e. The van der Waals surface area contributed by atoms with Crippen molar-refractivity contribution in [2.75, 3.05) is 7.05 Å². The standard InChI is InChI=1S/C23H22FN3OS/c1-3-15-4-6-16(7-5-15)12-27(2)13-20-25-22(28)21-19(14-29-23(21)26-20)17-8-10-18(24)11-9-17/h4-11,14H,3,12-13H2,1-2H3,(H,25,26,28)/p+1. The molecule has 4 aromatic rings. The normalized spacial score (nSPS) is 12.4. The predicted octanol–water partition coefficient (Wildman–Crippen LogP) is 3.57. The molecule has 1 unspecified atom stereocenters. The number of hydrogen-bond donors (Lipinski definition) is 2. The first-order valence-electron chi connectivity index (χ1n) is 9.69. The molecule has 2 aromatic carbocycles. The van der Waals surface area contributed by atoms with E-state index < -0.39 is 0 Å². The van der Waals surface area contributed by atoms with E-state index >= 15 is 0 Å². The Morgan fingerprint density at radius 2 is 1.72 bits per heavy atom. The fourth-order valence-electron chi connectivity index (χ4n) is 3.51. The van der Waals surface area contributed by atoms with E-state index in [4.69, 9.17) is 0 Å². The maximum Gasteiger partial charge on any atom is 0.260 e. The van der Waals surface area contributed by atoms with E-state index in [9.17, 15) is 9.18 Å². The molecule has 0 radical (unpaired) electrons. The van der Waals surface area contributed by atoms with Gasteiger partial charge in [-0.1, -0.05) is 43.3 Å². The number of nitrogens with zero attached hydrogens (tertiary/aromatic N) is 1. The molecule has 0 saturated heterocycles. The number of aromatic amines is 1. The van der Waals surface area contributed by atoms with Gasteiger partial charge in [0.05, 0.1) is 12.4 Å². The number of nitrogens with one attached hydrogen (secondary N) is 2. The van der Waals surface area contributed by atoms with Crippen LogP contribution in [0.25, 0.3) is 21.3 Å². The monoisotopic (exact) mass is 408 g/mol. The third-order valence-corrected chi connectivity index (χ3v) is 5.93. The summed E-state index contributed by atoms with van der Waals surface area (Å²) in [7, 11) is 2.09. The number of aromatic nitrogens is 2. The smallest absolute Gasteiger partial charge is 0.260 e. The first-order valence-corrected chi connectivity index (χ1v) is 10.6. The number of thiophene rings is 1. The molecule has 29 heavy (non-hydrogen) atoms. The average Bonchev–Trinajstić information content (AvgIpc) is 3.13. The van der Waals surface area contributed by atoms with Crippen molar-refractivity contribution in [2.24, 2.45) is 0 Å². The Balaban J connectivity index is 1.55. The third-order valence-electron chi connectivity index (χ3n) is 5.05. The molecular formula is C23H23FN3OS+. The molecule has 0 aliphatic rings. The van der Waals surface area contributed by atoms with Crippen LogP contribution in [0.1, 0.15) is 23.9 Å². The number of rotatable bonds is 6. The number of H-pyrrole nitrogens is 1. The minimum atomic E-state index is -0.294.